The van der Waals surface area contributed by atoms with Crippen molar-refractivity contribution in [2.45, 2.75) is 6.92 Å². The van der Waals surface area contributed by atoms with Crippen LogP contribution in [0.15, 0.2) is 30.3 Å². The van der Waals surface area contributed by atoms with Crippen LogP contribution in [0.4, 0.5) is 5.69 Å². The van der Waals surface area contributed by atoms with Crippen molar-refractivity contribution in [3.05, 3.63) is 47.3 Å². The van der Waals surface area contributed by atoms with Crippen molar-refractivity contribution in [2.24, 2.45) is 7.05 Å². The van der Waals surface area contributed by atoms with Gasteiger partial charge in [-0.15, -0.1) is 0 Å². The minimum atomic E-state index is -1.16. The van der Waals surface area contributed by atoms with Crippen molar-refractivity contribution in [1.82, 2.24) is 9.78 Å². The van der Waals surface area contributed by atoms with Gasteiger partial charge in [-0.1, -0.05) is 17.7 Å². The summed E-state index contributed by atoms with van der Waals surface area (Å²) < 4.78 is 1.24. The van der Waals surface area contributed by atoms with Gasteiger partial charge in [-0.2, -0.15) is 5.10 Å². The first kappa shape index (κ1) is 12.8. The van der Waals surface area contributed by atoms with Gasteiger partial charge in [-0.25, -0.2) is 4.79 Å². The Hall–Kier alpha value is -2.63. The van der Waals surface area contributed by atoms with E-state index >= 15 is 0 Å². The maximum atomic E-state index is 12.0. The highest BCUT2D eigenvalue weighted by atomic mass is 16.4. The van der Waals surface area contributed by atoms with Crippen LogP contribution >= 0.6 is 0 Å². The predicted octanol–water partition coefficient (Wildman–Crippen LogP) is 1.68. The third kappa shape index (κ3) is 2.79. The third-order valence-corrected chi connectivity index (χ3v) is 2.64. The fourth-order valence-electron chi connectivity index (χ4n) is 1.62. The van der Waals surface area contributed by atoms with Crippen LogP contribution in [0, 0.1) is 6.92 Å². The van der Waals surface area contributed by atoms with E-state index < -0.39 is 11.9 Å². The molecule has 1 aromatic carbocycles. The summed E-state index contributed by atoms with van der Waals surface area (Å²) in [6.45, 7) is 1.95. The number of hydrogen-bond donors (Lipinski definition) is 2. The van der Waals surface area contributed by atoms with Crippen LogP contribution in [0.1, 0.15) is 26.5 Å². The second-order valence-corrected chi connectivity index (χ2v) is 4.16. The molecule has 0 aliphatic carbocycles. The zero-order chi connectivity index (χ0) is 14.0. The van der Waals surface area contributed by atoms with E-state index in [2.05, 4.69) is 10.4 Å². The highest BCUT2D eigenvalue weighted by Crippen LogP contribution is 2.11. The number of rotatable bonds is 3. The number of aromatic nitrogens is 2. The summed E-state index contributed by atoms with van der Waals surface area (Å²) in [6, 6.07) is 8.55. The lowest BCUT2D eigenvalue weighted by molar-refractivity contribution is 0.0689. The molecule has 0 atom stereocenters. The largest absolute Gasteiger partial charge is 0.476 e. The van der Waals surface area contributed by atoms with Crippen LogP contribution < -0.4 is 5.32 Å². The van der Waals surface area contributed by atoms with E-state index in [9.17, 15) is 9.59 Å². The minimum Gasteiger partial charge on any atom is -0.476 e. The van der Waals surface area contributed by atoms with Gasteiger partial charge < -0.3 is 10.4 Å². The molecule has 1 aromatic heterocycles. The topological polar surface area (TPSA) is 84.2 Å². The van der Waals surface area contributed by atoms with Crippen molar-refractivity contribution in [2.75, 3.05) is 5.32 Å². The number of aromatic carboxylic acids is 1. The molecule has 1 amide bonds. The van der Waals surface area contributed by atoms with Crippen LogP contribution in [-0.4, -0.2) is 26.8 Å². The van der Waals surface area contributed by atoms with Gasteiger partial charge in [0.15, 0.2) is 5.69 Å². The molecule has 98 valence electrons. The standard InChI is InChI=1S/C13H13N3O3/c1-8-3-5-9(6-4-8)14-12(17)11-7-10(13(18)19)15-16(11)2/h3-7H,1-2H3,(H,14,17)(H,18,19). The first-order valence-corrected chi connectivity index (χ1v) is 5.62. The maximum Gasteiger partial charge on any atom is 0.356 e. The predicted molar refractivity (Wildman–Crippen MR) is 69.3 cm³/mol. The zero-order valence-corrected chi connectivity index (χ0v) is 10.5. The molecule has 0 saturated heterocycles. The summed E-state index contributed by atoms with van der Waals surface area (Å²) in [5.41, 5.74) is 1.77. The Kier molecular flexibility index (Phi) is 3.33. The zero-order valence-electron chi connectivity index (χ0n) is 10.5. The second kappa shape index (κ2) is 4.93. The Morgan fingerprint density at radius 2 is 1.89 bits per heavy atom. The van der Waals surface area contributed by atoms with Gasteiger partial charge in [0, 0.05) is 18.8 Å². The van der Waals surface area contributed by atoms with Crippen LogP contribution in [0.2, 0.25) is 0 Å². The summed E-state index contributed by atoms with van der Waals surface area (Å²) in [4.78, 5) is 22.8. The summed E-state index contributed by atoms with van der Waals surface area (Å²) in [6.07, 6.45) is 0. The Morgan fingerprint density at radius 1 is 1.26 bits per heavy atom. The molecule has 0 spiro atoms. The lowest BCUT2D eigenvalue weighted by Gasteiger charge is -2.05. The van der Waals surface area contributed by atoms with Crippen LogP contribution in [0.25, 0.3) is 0 Å². The fraction of sp³-hybridized carbons (Fsp3) is 0.154. The van der Waals surface area contributed by atoms with Crippen molar-refractivity contribution in [3.63, 3.8) is 0 Å². The highest BCUT2D eigenvalue weighted by molar-refractivity contribution is 6.04. The lowest BCUT2D eigenvalue weighted by Crippen LogP contribution is -2.15. The van der Waals surface area contributed by atoms with Crippen LogP contribution in [-0.2, 0) is 7.05 Å². The molecule has 2 rings (SSSR count). The van der Waals surface area contributed by atoms with Crippen LogP contribution in [0.5, 0.6) is 0 Å². The Morgan fingerprint density at radius 3 is 2.42 bits per heavy atom. The van der Waals surface area contributed by atoms with E-state index in [0.29, 0.717) is 5.69 Å². The molecular formula is C13H13N3O3. The average Bonchev–Trinajstić information content (AvgIpc) is 2.74. The third-order valence-electron chi connectivity index (χ3n) is 2.64. The highest BCUT2D eigenvalue weighted by Gasteiger charge is 2.16. The molecule has 0 fully saturated rings. The summed E-state index contributed by atoms with van der Waals surface area (Å²) in [7, 11) is 1.52. The molecular weight excluding hydrogens is 246 g/mol. The van der Waals surface area contributed by atoms with Gasteiger partial charge >= 0.3 is 5.97 Å². The van der Waals surface area contributed by atoms with Gasteiger partial charge in [0.05, 0.1) is 0 Å². The Bertz CT molecular complexity index is 629. The summed E-state index contributed by atoms with van der Waals surface area (Å²) in [5, 5.41) is 15.2. The first-order chi connectivity index (χ1) is 8.97. The first-order valence-electron chi connectivity index (χ1n) is 5.62. The molecule has 19 heavy (non-hydrogen) atoms. The quantitative estimate of drug-likeness (QED) is 0.878. The van der Waals surface area contributed by atoms with E-state index in [1.165, 1.54) is 17.8 Å². The lowest BCUT2D eigenvalue weighted by atomic mass is 10.2. The number of nitrogens with zero attached hydrogens (tertiary/aromatic N) is 2. The number of benzene rings is 1. The number of carboxylic acids is 1. The van der Waals surface area contributed by atoms with Crippen LogP contribution in [0.3, 0.4) is 0 Å². The number of nitrogens with one attached hydrogen (secondary N) is 1. The summed E-state index contributed by atoms with van der Waals surface area (Å²) in [5.74, 6) is -1.56. The van der Waals surface area contributed by atoms with E-state index in [0.717, 1.165) is 5.56 Å². The number of carboxylic acid groups (broad SMARTS) is 1. The molecule has 0 aliphatic heterocycles. The molecule has 2 N–H and O–H groups in total. The van der Waals surface area contributed by atoms with Gasteiger partial charge in [-0.3, -0.25) is 9.48 Å². The minimum absolute atomic E-state index is 0.156. The van der Waals surface area contributed by atoms with E-state index in [-0.39, 0.29) is 11.4 Å². The monoisotopic (exact) mass is 259 g/mol. The van der Waals surface area contributed by atoms with Crippen molar-refractivity contribution in [3.8, 4) is 0 Å². The van der Waals surface area contributed by atoms with E-state index in [1.807, 2.05) is 19.1 Å². The van der Waals surface area contributed by atoms with Crippen molar-refractivity contribution in [1.29, 1.82) is 0 Å². The molecule has 6 heteroatoms. The van der Waals surface area contributed by atoms with E-state index in [4.69, 9.17) is 5.11 Å². The average molecular weight is 259 g/mol. The van der Waals surface area contributed by atoms with E-state index in [1.54, 1.807) is 12.1 Å². The van der Waals surface area contributed by atoms with Gasteiger partial charge in [-0.05, 0) is 19.1 Å². The van der Waals surface area contributed by atoms with Gasteiger partial charge in [0.1, 0.15) is 5.69 Å². The maximum absolute atomic E-state index is 12.0. The smallest absolute Gasteiger partial charge is 0.356 e. The Balaban J connectivity index is 2.20. The molecule has 0 aliphatic rings. The van der Waals surface area contributed by atoms with Gasteiger partial charge in [0.2, 0.25) is 0 Å². The van der Waals surface area contributed by atoms with Gasteiger partial charge in [0.25, 0.3) is 5.91 Å². The van der Waals surface area contributed by atoms with Crippen molar-refractivity contribution < 1.29 is 14.7 Å². The molecule has 0 unspecified atom stereocenters. The second-order valence-electron chi connectivity index (χ2n) is 4.16. The number of amides is 1. The molecule has 0 radical (unpaired) electrons. The number of aryl methyl sites for hydroxylation is 2. The Labute approximate surface area is 109 Å². The SMILES string of the molecule is Cc1ccc(NC(=O)c2cc(C(=O)O)nn2C)cc1. The number of carbonyl (C=O) groups is 2. The van der Waals surface area contributed by atoms with Crippen molar-refractivity contribution >= 4 is 17.6 Å². The fourth-order valence-corrected chi connectivity index (χ4v) is 1.62. The molecule has 1 heterocycles. The summed E-state index contributed by atoms with van der Waals surface area (Å²) >= 11 is 0. The molecule has 0 saturated carbocycles. The normalized spacial score (nSPS) is 10.2. The molecule has 2 aromatic rings. The molecule has 6 nitrogen and oxygen atoms in total. The number of hydrogen-bond acceptors (Lipinski definition) is 3. The number of carbonyl (C=O) groups excluding carboxylic acids is 1. The molecule has 0 bridgehead atoms. The number of anilines is 1.